The molecule has 1 aliphatic rings. The number of thiophene rings is 1. The van der Waals surface area contributed by atoms with Gasteiger partial charge in [-0.15, -0.1) is 11.3 Å². The fourth-order valence-electron chi connectivity index (χ4n) is 3.14. The van der Waals surface area contributed by atoms with E-state index in [1.807, 2.05) is 0 Å². The van der Waals surface area contributed by atoms with Crippen LogP contribution in [0.4, 0.5) is 4.39 Å². The summed E-state index contributed by atoms with van der Waals surface area (Å²) in [6, 6.07) is 7.69. The lowest BCUT2D eigenvalue weighted by atomic mass is 9.97. The van der Waals surface area contributed by atoms with Crippen LogP contribution >= 0.6 is 11.3 Å². The number of sulfonamides is 1. The molecule has 0 amide bonds. The normalized spacial score (nSPS) is 16.7. The maximum absolute atomic E-state index is 13.5. The molecule has 2 aromatic rings. The minimum absolute atomic E-state index is 0.143. The van der Waals surface area contributed by atoms with Gasteiger partial charge in [-0.3, -0.25) is 4.90 Å². The van der Waals surface area contributed by atoms with Crippen LogP contribution in [0.1, 0.15) is 17.7 Å². The second kappa shape index (κ2) is 8.47. The Balaban J connectivity index is 1.54. The van der Waals surface area contributed by atoms with Crippen molar-refractivity contribution >= 4 is 21.4 Å². The highest BCUT2D eigenvalue weighted by Gasteiger charge is 2.24. The Morgan fingerprint density at radius 1 is 1.31 bits per heavy atom. The Labute approximate surface area is 157 Å². The van der Waals surface area contributed by atoms with Crippen molar-refractivity contribution in [3.63, 3.8) is 0 Å². The molecule has 2 heterocycles. The summed E-state index contributed by atoms with van der Waals surface area (Å²) in [7, 11) is -2.44. The van der Waals surface area contributed by atoms with E-state index >= 15 is 0 Å². The lowest BCUT2D eigenvalue weighted by molar-refractivity contribution is 0.180. The van der Waals surface area contributed by atoms with Crippen molar-refractivity contribution in [2.24, 2.45) is 5.92 Å². The molecule has 1 fully saturated rings. The second-order valence-electron chi connectivity index (χ2n) is 6.45. The molecule has 1 aromatic carbocycles. The van der Waals surface area contributed by atoms with Crippen LogP contribution in [0.3, 0.4) is 0 Å². The number of rotatable bonds is 7. The zero-order valence-electron chi connectivity index (χ0n) is 14.7. The van der Waals surface area contributed by atoms with Gasteiger partial charge >= 0.3 is 0 Å². The van der Waals surface area contributed by atoms with Crippen LogP contribution in [0.2, 0.25) is 0 Å². The molecule has 1 aliphatic heterocycles. The third kappa shape index (κ3) is 4.82. The molecule has 0 aliphatic carbocycles. The number of nitrogens with zero attached hydrogens (tertiary/aromatic N) is 1. The van der Waals surface area contributed by atoms with Crippen molar-refractivity contribution in [1.82, 2.24) is 9.62 Å². The Hall–Kier alpha value is -1.48. The van der Waals surface area contributed by atoms with Crippen LogP contribution in [-0.2, 0) is 16.6 Å². The summed E-state index contributed by atoms with van der Waals surface area (Å²) in [5.41, 5.74) is 0. The Morgan fingerprint density at radius 2 is 2.08 bits per heavy atom. The number of piperidine rings is 1. The van der Waals surface area contributed by atoms with Crippen molar-refractivity contribution in [3.8, 4) is 5.75 Å². The van der Waals surface area contributed by atoms with Crippen LogP contribution in [0.25, 0.3) is 0 Å². The third-order valence-electron chi connectivity index (χ3n) is 4.64. The van der Waals surface area contributed by atoms with Gasteiger partial charge in [0.05, 0.1) is 7.11 Å². The van der Waals surface area contributed by atoms with E-state index in [0.717, 1.165) is 38.5 Å². The van der Waals surface area contributed by atoms with Gasteiger partial charge in [0.2, 0.25) is 10.0 Å². The monoisotopic (exact) mass is 398 g/mol. The topological polar surface area (TPSA) is 58.6 Å². The molecule has 142 valence electrons. The first kappa shape index (κ1) is 19.3. The Kier molecular flexibility index (Phi) is 6.29. The largest absolute Gasteiger partial charge is 0.495 e. The SMILES string of the molecule is COc1ccc(F)cc1S(=O)(=O)NCC1CCN(Cc2cccs2)CC1. The predicted molar refractivity (Wildman–Crippen MR) is 100 cm³/mol. The third-order valence-corrected chi connectivity index (χ3v) is 6.95. The average molecular weight is 399 g/mol. The molecule has 0 bridgehead atoms. The first-order chi connectivity index (χ1) is 12.5. The van der Waals surface area contributed by atoms with Gasteiger partial charge < -0.3 is 4.74 Å². The highest BCUT2D eigenvalue weighted by Crippen LogP contribution is 2.25. The summed E-state index contributed by atoms with van der Waals surface area (Å²) in [6.07, 6.45) is 1.88. The Bertz CT molecular complexity index is 817. The fraction of sp³-hybridized carbons (Fsp3) is 0.444. The van der Waals surface area contributed by atoms with E-state index in [1.54, 1.807) is 11.3 Å². The van der Waals surface area contributed by atoms with Crippen molar-refractivity contribution in [1.29, 1.82) is 0 Å². The van der Waals surface area contributed by atoms with Crippen molar-refractivity contribution in [2.45, 2.75) is 24.3 Å². The molecule has 0 spiro atoms. The second-order valence-corrected chi connectivity index (χ2v) is 9.21. The zero-order valence-corrected chi connectivity index (χ0v) is 16.3. The smallest absolute Gasteiger partial charge is 0.244 e. The van der Waals surface area contributed by atoms with E-state index in [9.17, 15) is 12.8 Å². The molecular weight excluding hydrogens is 375 g/mol. The van der Waals surface area contributed by atoms with Gasteiger partial charge in [-0.05, 0) is 61.5 Å². The molecule has 0 atom stereocenters. The van der Waals surface area contributed by atoms with E-state index < -0.39 is 15.8 Å². The lowest BCUT2D eigenvalue weighted by Gasteiger charge is -2.31. The minimum atomic E-state index is -3.81. The molecule has 1 aromatic heterocycles. The number of methoxy groups -OCH3 is 1. The predicted octanol–water partition coefficient (Wildman–Crippen LogP) is 3.09. The summed E-state index contributed by atoms with van der Waals surface area (Å²) in [4.78, 5) is 3.59. The number of benzene rings is 1. The van der Waals surface area contributed by atoms with Gasteiger partial charge in [-0.25, -0.2) is 17.5 Å². The first-order valence-electron chi connectivity index (χ1n) is 8.56. The summed E-state index contributed by atoms with van der Waals surface area (Å²) in [5, 5.41) is 2.08. The average Bonchev–Trinajstić information content (AvgIpc) is 3.14. The molecule has 26 heavy (non-hydrogen) atoms. The molecule has 0 saturated carbocycles. The lowest BCUT2D eigenvalue weighted by Crippen LogP contribution is -2.38. The van der Waals surface area contributed by atoms with E-state index in [1.165, 1.54) is 24.1 Å². The van der Waals surface area contributed by atoms with E-state index in [2.05, 4.69) is 27.1 Å². The summed E-state index contributed by atoms with van der Waals surface area (Å²) in [6.45, 7) is 3.21. The Morgan fingerprint density at radius 3 is 2.73 bits per heavy atom. The number of likely N-dealkylation sites (tertiary alicyclic amines) is 1. The molecule has 0 unspecified atom stereocenters. The molecule has 1 saturated heterocycles. The summed E-state index contributed by atoms with van der Waals surface area (Å²) < 4.78 is 46.2. The van der Waals surface area contributed by atoms with E-state index in [-0.39, 0.29) is 16.6 Å². The zero-order chi connectivity index (χ0) is 18.6. The van der Waals surface area contributed by atoms with Crippen LogP contribution in [-0.4, -0.2) is 40.1 Å². The van der Waals surface area contributed by atoms with Gasteiger partial charge in [0, 0.05) is 18.0 Å². The molecular formula is C18H23FN2O3S2. The number of nitrogens with one attached hydrogen (secondary N) is 1. The van der Waals surface area contributed by atoms with E-state index in [0.29, 0.717) is 6.54 Å². The minimum Gasteiger partial charge on any atom is -0.495 e. The van der Waals surface area contributed by atoms with E-state index in [4.69, 9.17) is 4.74 Å². The number of halogens is 1. The van der Waals surface area contributed by atoms with Crippen molar-refractivity contribution in [2.75, 3.05) is 26.7 Å². The van der Waals surface area contributed by atoms with Gasteiger partial charge in [0.15, 0.2) is 0 Å². The maximum Gasteiger partial charge on any atom is 0.244 e. The van der Waals surface area contributed by atoms with Crippen LogP contribution in [0, 0.1) is 11.7 Å². The van der Waals surface area contributed by atoms with Crippen LogP contribution < -0.4 is 9.46 Å². The molecule has 5 nitrogen and oxygen atoms in total. The van der Waals surface area contributed by atoms with Gasteiger partial charge in [0.25, 0.3) is 0 Å². The quantitative estimate of drug-likeness (QED) is 0.779. The molecule has 3 rings (SSSR count). The summed E-state index contributed by atoms with van der Waals surface area (Å²) >= 11 is 1.76. The number of hydrogen-bond donors (Lipinski definition) is 1. The first-order valence-corrected chi connectivity index (χ1v) is 10.9. The van der Waals surface area contributed by atoms with Crippen LogP contribution in [0.15, 0.2) is 40.6 Å². The number of ether oxygens (including phenoxy) is 1. The standard InChI is InChI=1S/C18H23FN2O3S2/c1-24-17-5-4-15(19)11-18(17)26(22,23)20-12-14-6-8-21(9-7-14)13-16-3-2-10-25-16/h2-5,10-11,14,20H,6-9,12-13H2,1H3. The highest BCUT2D eigenvalue weighted by atomic mass is 32.2. The molecule has 0 radical (unpaired) electrons. The molecule has 8 heteroatoms. The fourth-order valence-corrected chi connectivity index (χ4v) is 5.18. The summed E-state index contributed by atoms with van der Waals surface area (Å²) in [5.74, 6) is -0.179. The highest BCUT2D eigenvalue weighted by molar-refractivity contribution is 7.89. The van der Waals surface area contributed by atoms with Gasteiger partial charge in [-0.2, -0.15) is 0 Å². The maximum atomic E-state index is 13.5. The number of hydrogen-bond acceptors (Lipinski definition) is 5. The van der Waals surface area contributed by atoms with Crippen molar-refractivity contribution in [3.05, 3.63) is 46.4 Å². The van der Waals surface area contributed by atoms with Gasteiger partial charge in [-0.1, -0.05) is 6.07 Å². The van der Waals surface area contributed by atoms with Crippen molar-refractivity contribution < 1.29 is 17.5 Å². The van der Waals surface area contributed by atoms with Gasteiger partial charge in [0.1, 0.15) is 16.5 Å². The molecule has 1 N–H and O–H groups in total. The van der Waals surface area contributed by atoms with Crippen LogP contribution in [0.5, 0.6) is 5.75 Å².